The van der Waals surface area contributed by atoms with Crippen molar-refractivity contribution >= 4 is 21.6 Å². The molecule has 0 aromatic heterocycles. The first-order valence-corrected chi connectivity index (χ1v) is 9.04. The minimum atomic E-state index is -4.51. The second kappa shape index (κ2) is 7.46. The largest absolute Gasteiger partial charge is 0.416 e. The molecule has 0 radical (unpaired) electrons. The first-order chi connectivity index (χ1) is 12.0. The Balaban J connectivity index is 2.19. The first-order valence-electron chi connectivity index (χ1n) is 7.56. The van der Waals surface area contributed by atoms with Crippen LogP contribution in [0, 0.1) is 0 Å². The van der Waals surface area contributed by atoms with Gasteiger partial charge in [-0.05, 0) is 48.9 Å². The van der Waals surface area contributed by atoms with E-state index < -0.39 is 27.8 Å². The van der Waals surface area contributed by atoms with Crippen LogP contribution in [0.4, 0.5) is 18.9 Å². The lowest BCUT2D eigenvalue weighted by atomic mass is 10.1. The van der Waals surface area contributed by atoms with Gasteiger partial charge in [-0.15, -0.1) is 0 Å². The number of anilines is 1. The van der Waals surface area contributed by atoms with Gasteiger partial charge in [-0.2, -0.15) is 13.2 Å². The quantitative estimate of drug-likeness (QED) is 0.823. The van der Waals surface area contributed by atoms with E-state index in [-0.39, 0.29) is 16.4 Å². The van der Waals surface area contributed by atoms with E-state index in [1.807, 2.05) is 0 Å². The van der Waals surface area contributed by atoms with Crippen molar-refractivity contribution in [2.24, 2.45) is 0 Å². The van der Waals surface area contributed by atoms with E-state index in [0.29, 0.717) is 5.69 Å². The van der Waals surface area contributed by atoms with E-state index in [0.717, 1.165) is 12.1 Å². The summed E-state index contributed by atoms with van der Waals surface area (Å²) in [5, 5.41) is 2.51. The average Bonchev–Trinajstić information content (AvgIpc) is 2.53. The van der Waals surface area contributed by atoms with E-state index in [4.69, 9.17) is 0 Å². The molecule has 0 fully saturated rings. The van der Waals surface area contributed by atoms with Crippen LogP contribution in [-0.4, -0.2) is 14.3 Å². The van der Waals surface area contributed by atoms with Gasteiger partial charge in [0.05, 0.1) is 10.5 Å². The fourth-order valence-corrected chi connectivity index (χ4v) is 3.51. The number of alkyl halides is 3. The molecule has 2 aromatic carbocycles. The predicted molar refractivity (Wildman–Crippen MR) is 90.9 cm³/mol. The molecule has 2 rings (SSSR count). The van der Waals surface area contributed by atoms with E-state index in [1.54, 1.807) is 0 Å². The van der Waals surface area contributed by atoms with Gasteiger partial charge in [-0.25, -0.2) is 13.1 Å². The van der Waals surface area contributed by atoms with Crippen LogP contribution < -0.4 is 10.0 Å². The van der Waals surface area contributed by atoms with Crippen LogP contribution in [0.2, 0.25) is 0 Å². The molecule has 0 saturated carbocycles. The molecular formula is C17H17F3N2O3S. The Morgan fingerprint density at radius 3 is 2.23 bits per heavy atom. The summed E-state index contributed by atoms with van der Waals surface area (Å²) in [6.45, 7) is 2.78. The van der Waals surface area contributed by atoms with Gasteiger partial charge in [0, 0.05) is 18.7 Å². The molecule has 2 aromatic rings. The molecule has 0 aliphatic heterocycles. The SMILES string of the molecule is CC(=O)Nc1ccc(S(=O)(=O)NC(C)c2cccc(C(F)(F)F)c2)cc1. The van der Waals surface area contributed by atoms with Crippen molar-refractivity contribution < 1.29 is 26.4 Å². The third kappa shape index (κ3) is 5.06. The van der Waals surface area contributed by atoms with Crippen molar-refractivity contribution in [3.8, 4) is 0 Å². The molecule has 1 atom stereocenters. The molecule has 2 N–H and O–H groups in total. The Kier molecular flexibility index (Phi) is 5.72. The van der Waals surface area contributed by atoms with Crippen LogP contribution in [0.3, 0.4) is 0 Å². The van der Waals surface area contributed by atoms with Crippen LogP contribution in [0.15, 0.2) is 53.4 Å². The first kappa shape index (κ1) is 19.9. The highest BCUT2D eigenvalue weighted by Crippen LogP contribution is 2.31. The minimum absolute atomic E-state index is 0.0644. The number of hydrogen-bond donors (Lipinski definition) is 2. The molecule has 26 heavy (non-hydrogen) atoms. The summed E-state index contributed by atoms with van der Waals surface area (Å²) < 4.78 is 65.5. The molecule has 9 heteroatoms. The molecule has 0 aliphatic carbocycles. The average molecular weight is 386 g/mol. The third-order valence-electron chi connectivity index (χ3n) is 3.53. The van der Waals surface area contributed by atoms with Gasteiger partial charge in [0.2, 0.25) is 15.9 Å². The summed E-state index contributed by atoms with van der Waals surface area (Å²) in [5.74, 6) is -0.295. The van der Waals surface area contributed by atoms with Crippen LogP contribution in [0.25, 0.3) is 0 Å². The summed E-state index contributed by atoms with van der Waals surface area (Å²) in [5.41, 5.74) is -0.221. The van der Waals surface area contributed by atoms with E-state index >= 15 is 0 Å². The number of amides is 1. The fourth-order valence-electron chi connectivity index (χ4n) is 2.27. The summed E-state index contributed by atoms with van der Waals surface area (Å²) in [4.78, 5) is 10.9. The van der Waals surface area contributed by atoms with Gasteiger partial charge in [0.15, 0.2) is 0 Å². The van der Waals surface area contributed by atoms with E-state index in [9.17, 15) is 26.4 Å². The highest BCUT2D eigenvalue weighted by Gasteiger charge is 2.31. The zero-order chi connectivity index (χ0) is 19.5. The zero-order valence-corrected chi connectivity index (χ0v) is 14.8. The Morgan fingerprint density at radius 1 is 1.08 bits per heavy atom. The smallest absolute Gasteiger partial charge is 0.326 e. The number of hydrogen-bond acceptors (Lipinski definition) is 3. The number of carbonyl (C=O) groups is 1. The molecule has 140 valence electrons. The number of benzene rings is 2. The molecule has 1 amide bonds. The summed E-state index contributed by atoms with van der Waals surface area (Å²) in [6.07, 6.45) is -4.51. The van der Waals surface area contributed by atoms with Crippen molar-refractivity contribution in [2.45, 2.75) is 31.0 Å². The minimum Gasteiger partial charge on any atom is -0.326 e. The maximum Gasteiger partial charge on any atom is 0.416 e. The highest BCUT2D eigenvalue weighted by atomic mass is 32.2. The maximum absolute atomic E-state index is 12.8. The molecule has 1 unspecified atom stereocenters. The Morgan fingerprint density at radius 2 is 1.69 bits per heavy atom. The van der Waals surface area contributed by atoms with Gasteiger partial charge < -0.3 is 5.32 Å². The van der Waals surface area contributed by atoms with Gasteiger partial charge in [0.1, 0.15) is 0 Å². The van der Waals surface area contributed by atoms with Gasteiger partial charge in [-0.3, -0.25) is 4.79 Å². The van der Waals surface area contributed by atoms with Crippen molar-refractivity contribution in [2.75, 3.05) is 5.32 Å². The Bertz CT molecular complexity index is 894. The van der Waals surface area contributed by atoms with Gasteiger partial charge in [0.25, 0.3) is 0 Å². The van der Waals surface area contributed by atoms with Crippen LogP contribution in [0.5, 0.6) is 0 Å². The van der Waals surface area contributed by atoms with Crippen LogP contribution in [-0.2, 0) is 21.0 Å². The number of rotatable bonds is 5. The number of nitrogens with one attached hydrogen (secondary N) is 2. The second-order valence-electron chi connectivity index (χ2n) is 5.67. The lowest BCUT2D eigenvalue weighted by Gasteiger charge is -2.16. The van der Waals surface area contributed by atoms with Crippen LogP contribution >= 0.6 is 0 Å². The molecule has 0 spiro atoms. The highest BCUT2D eigenvalue weighted by molar-refractivity contribution is 7.89. The van der Waals surface area contributed by atoms with Gasteiger partial charge >= 0.3 is 6.18 Å². The topological polar surface area (TPSA) is 75.3 Å². The molecule has 0 bridgehead atoms. The predicted octanol–water partition coefficient (Wildman–Crippen LogP) is 3.70. The van der Waals surface area contributed by atoms with Crippen LogP contribution in [0.1, 0.15) is 31.0 Å². The van der Waals surface area contributed by atoms with Crippen molar-refractivity contribution in [1.82, 2.24) is 4.72 Å². The lowest BCUT2D eigenvalue weighted by molar-refractivity contribution is -0.137. The number of sulfonamides is 1. The normalized spacial score (nSPS) is 13.3. The molecule has 0 aliphatic rings. The third-order valence-corrected chi connectivity index (χ3v) is 5.09. The van der Waals surface area contributed by atoms with Crippen molar-refractivity contribution in [1.29, 1.82) is 0 Å². The lowest BCUT2D eigenvalue weighted by Crippen LogP contribution is -2.27. The van der Waals surface area contributed by atoms with Gasteiger partial charge in [-0.1, -0.05) is 12.1 Å². The standard InChI is InChI=1S/C17H17F3N2O3S/c1-11(13-4-3-5-14(10-13)17(18,19)20)22-26(24,25)16-8-6-15(7-9-16)21-12(2)23/h3-11,22H,1-2H3,(H,21,23). The Labute approximate surface area is 149 Å². The summed E-state index contributed by atoms with van der Waals surface area (Å²) in [6, 6.07) is 9.05. The van der Waals surface area contributed by atoms with E-state index in [1.165, 1.54) is 50.2 Å². The molecule has 5 nitrogen and oxygen atoms in total. The Hall–Kier alpha value is -2.39. The maximum atomic E-state index is 12.8. The van der Waals surface area contributed by atoms with Crippen molar-refractivity contribution in [3.63, 3.8) is 0 Å². The van der Waals surface area contributed by atoms with Crippen molar-refractivity contribution in [3.05, 3.63) is 59.7 Å². The molecule has 0 heterocycles. The zero-order valence-electron chi connectivity index (χ0n) is 14.0. The molecular weight excluding hydrogens is 369 g/mol. The summed E-state index contributed by atoms with van der Waals surface area (Å²) >= 11 is 0. The molecule has 0 saturated heterocycles. The number of carbonyl (C=O) groups excluding carboxylic acids is 1. The fraction of sp³-hybridized carbons (Fsp3) is 0.235. The van der Waals surface area contributed by atoms with E-state index in [2.05, 4.69) is 10.0 Å². The number of halogens is 3. The second-order valence-corrected chi connectivity index (χ2v) is 7.39. The monoisotopic (exact) mass is 386 g/mol. The summed E-state index contributed by atoms with van der Waals surface area (Å²) in [7, 11) is -3.95.